The number of aromatic nitrogens is 1. The van der Waals surface area contributed by atoms with Crippen LogP contribution in [0.5, 0.6) is 5.88 Å². The fourth-order valence-electron chi connectivity index (χ4n) is 6.10. The van der Waals surface area contributed by atoms with Crippen LogP contribution in [0, 0.1) is 0 Å². The first-order valence-corrected chi connectivity index (χ1v) is 15.3. The minimum absolute atomic E-state index is 0. The van der Waals surface area contributed by atoms with Crippen LogP contribution in [-0.4, -0.2) is 36.1 Å². The van der Waals surface area contributed by atoms with Crippen molar-refractivity contribution in [1.29, 1.82) is 0 Å². The van der Waals surface area contributed by atoms with Gasteiger partial charge in [-0.05, 0) is 70.5 Å². The highest BCUT2D eigenvalue weighted by molar-refractivity contribution is 6.30. The van der Waals surface area contributed by atoms with E-state index in [1.165, 1.54) is 6.20 Å². The van der Waals surface area contributed by atoms with Crippen molar-refractivity contribution in [1.82, 2.24) is 10.3 Å². The molecule has 0 radical (unpaired) electrons. The molecule has 48 heavy (non-hydrogen) atoms. The number of halogens is 5. The molecule has 6 nitrogen and oxygen atoms in total. The number of nitrogens with one attached hydrogen (secondary N) is 2. The molecule has 0 saturated carbocycles. The van der Waals surface area contributed by atoms with Crippen LogP contribution in [0.1, 0.15) is 34.3 Å². The van der Waals surface area contributed by atoms with Gasteiger partial charge in [0.25, 0.3) is 5.91 Å². The Hall–Kier alpha value is -4.86. The van der Waals surface area contributed by atoms with E-state index < -0.39 is 24.0 Å². The summed E-state index contributed by atoms with van der Waals surface area (Å²) in [6, 6.07) is 32.4. The molecule has 11 heteroatoms. The Morgan fingerprint density at radius 3 is 2.00 bits per heavy atom. The molecular formula is C37H30Cl2F3N3O3. The average molecular weight is 693 g/mol. The third kappa shape index (κ3) is 7.17. The van der Waals surface area contributed by atoms with Crippen molar-refractivity contribution in [3.8, 4) is 28.1 Å². The van der Waals surface area contributed by atoms with Crippen LogP contribution >= 0.6 is 24.0 Å². The van der Waals surface area contributed by atoms with E-state index in [0.29, 0.717) is 39.7 Å². The van der Waals surface area contributed by atoms with Gasteiger partial charge in [-0.2, -0.15) is 13.2 Å². The summed E-state index contributed by atoms with van der Waals surface area (Å²) < 4.78 is 45.3. The molecule has 0 fully saturated rings. The van der Waals surface area contributed by atoms with Crippen molar-refractivity contribution < 1.29 is 27.5 Å². The Bertz CT molecular complexity index is 1870. The number of hydrogen-bond donors (Lipinski definition) is 2. The van der Waals surface area contributed by atoms with Crippen LogP contribution in [0.3, 0.4) is 0 Å². The highest BCUT2D eigenvalue weighted by atomic mass is 35.5. The Labute approximate surface area is 286 Å². The van der Waals surface area contributed by atoms with Gasteiger partial charge >= 0.3 is 6.18 Å². The standard InChI is InChI=1S/C37H29ClF3N3O3.ClH/c38-25-16-14-24(15-17-25)27-8-1-2-11-30(27)34(45)44-26-18-19-33(42-22-26)47-21-7-20-36(35(46)43-23-37(39,40)41)31-12-5-3-9-28(31)29-10-4-6-13-32(29)36;/h1-6,8-19,22H,7,20-21,23H2,(H,43,46)(H,44,45);1H. The molecule has 6 rings (SSSR count). The molecule has 0 aliphatic heterocycles. The molecule has 4 aromatic carbocycles. The minimum Gasteiger partial charge on any atom is -0.478 e. The number of amides is 2. The first kappa shape index (κ1) is 34.5. The van der Waals surface area contributed by atoms with E-state index in [9.17, 15) is 22.8 Å². The zero-order chi connectivity index (χ0) is 33.0. The largest absolute Gasteiger partial charge is 0.478 e. The third-order valence-corrected chi connectivity index (χ3v) is 8.42. The maximum Gasteiger partial charge on any atom is 0.405 e. The number of ether oxygens (including phenoxy) is 1. The smallest absolute Gasteiger partial charge is 0.405 e. The molecule has 5 aromatic rings. The Kier molecular flexibility index (Phi) is 10.4. The van der Waals surface area contributed by atoms with Crippen molar-refractivity contribution in [2.24, 2.45) is 0 Å². The highest BCUT2D eigenvalue weighted by Gasteiger charge is 2.49. The minimum atomic E-state index is -4.55. The van der Waals surface area contributed by atoms with E-state index in [1.54, 1.807) is 60.7 Å². The summed E-state index contributed by atoms with van der Waals surface area (Å²) in [5.41, 5.74) is 4.21. The first-order chi connectivity index (χ1) is 22.7. The summed E-state index contributed by atoms with van der Waals surface area (Å²) in [6.07, 6.45) is -2.50. The molecule has 0 spiro atoms. The second kappa shape index (κ2) is 14.5. The van der Waals surface area contributed by atoms with E-state index in [4.69, 9.17) is 16.3 Å². The van der Waals surface area contributed by atoms with Crippen molar-refractivity contribution in [3.05, 3.63) is 137 Å². The Morgan fingerprint density at radius 2 is 1.40 bits per heavy atom. The van der Waals surface area contributed by atoms with Crippen LogP contribution in [0.15, 0.2) is 115 Å². The maximum atomic E-state index is 13.6. The van der Waals surface area contributed by atoms with Gasteiger partial charge in [-0.1, -0.05) is 90.5 Å². The molecule has 0 saturated heterocycles. The summed E-state index contributed by atoms with van der Waals surface area (Å²) in [5.74, 6) is -0.715. The zero-order valence-electron chi connectivity index (χ0n) is 25.4. The number of benzene rings is 4. The van der Waals surface area contributed by atoms with Gasteiger partial charge in [0.2, 0.25) is 11.8 Å². The van der Waals surface area contributed by atoms with Crippen LogP contribution in [0.2, 0.25) is 5.02 Å². The number of hydrogen-bond acceptors (Lipinski definition) is 4. The summed E-state index contributed by atoms with van der Waals surface area (Å²) in [6.45, 7) is -1.26. The van der Waals surface area contributed by atoms with E-state index in [-0.39, 0.29) is 31.3 Å². The SMILES string of the molecule is Cl.O=C(Nc1ccc(OCCCC2(C(=O)NCC(F)(F)F)c3ccccc3-c3ccccc32)nc1)c1ccccc1-c1ccc(Cl)cc1. The molecule has 0 unspecified atom stereocenters. The van der Waals surface area contributed by atoms with Crippen LogP contribution < -0.4 is 15.4 Å². The number of anilines is 1. The quantitative estimate of drug-likeness (QED) is 0.143. The summed E-state index contributed by atoms with van der Waals surface area (Å²) in [7, 11) is 0. The van der Waals surface area contributed by atoms with Gasteiger partial charge in [-0.3, -0.25) is 9.59 Å². The number of alkyl halides is 3. The van der Waals surface area contributed by atoms with Gasteiger partial charge in [-0.25, -0.2) is 4.98 Å². The molecule has 0 atom stereocenters. The second-order valence-corrected chi connectivity index (χ2v) is 11.6. The Balaban J connectivity index is 0.00000451. The van der Waals surface area contributed by atoms with E-state index in [2.05, 4.69) is 15.6 Å². The molecule has 0 bridgehead atoms. The molecule has 246 valence electrons. The first-order valence-electron chi connectivity index (χ1n) is 15.0. The zero-order valence-corrected chi connectivity index (χ0v) is 27.0. The Morgan fingerprint density at radius 1 is 0.792 bits per heavy atom. The fraction of sp³-hybridized carbons (Fsp3) is 0.162. The normalized spacial score (nSPS) is 12.7. The van der Waals surface area contributed by atoms with Crippen LogP contribution in [0.4, 0.5) is 18.9 Å². The number of nitrogens with zero attached hydrogens (tertiary/aromatic N) is 1. The maximum absolute atomic E-state index is 13.6. The average Bonchev–Trinajstić information content (AvgIpc) is 3.37. The predicted molar refractivity (Wildman–Crippen MR) is 183 cm³/mol. The van der Waals surface area contributed by atoms with E-state index >= 15 is 0 Å². The molecule has 1 heterocycles. The van der Waals surface area contributed by atoms with Gasteiger partial charge in [0, 0.05) is 16.7 Å². The van der Waals surface area contributed by atoms with Crippen LogP contribution in [0.25, 0.3) is 22.3 Å². The lowest BCUT2D eigenvalue weighted by Crippen LogP contribution is -2.47. The highest BCUT2D eigenvalue weighted by Crippen LogP contribution is 2.51. The molecule has 1 aliphatic rings. The van der Waals surface area contributed by atoms with Gasteiger partial charge in [-0.15, -0.1) is 12.4 Å². The van der Waals surface area contributed by atoms with Crippen LogP contribution in [-0.2, 0) is 10.2 Å². The number of fused-ring (bicyclic) bond motifs is 3. The van der Waals surface area contributed by atoms with Crippen molar-refractivity contribution >= 4 is 41.5 Å². The van der Waals surface area contributed by atoms with Gasteiger partial charge in [0.1, 0.15) is 12.0 Å². The molecular weight excluding hydrogens is 662 g/mol. The molecule has 2 N–H and O–H groups in total. The van der Waals surface area contributed by atoms with Gasteiger partial charge < -0.3 is 15.4 Å². The monoisotopic (exact) mass is 691 g/mol. The lowest BCUT2D eigenvalue weighted by Gasteiger charge is -2.31. The molecule has 1 aromatic heterocycles. The van der Waals surface area contributed by atoms with Gasteiger partial charge in [0.15, 0.2) is 0 Å². The number of carbonyl (C=O) groups is 2. The van der Waals surface area contributed by atoms with Crippen molar-refractivity contribution in [2.75, 3.05) is 18.5 Å². The van der Waals surface area contributed by atoms with E-state index in [1.807, 2.05) is 48.5 Å². The predicted octanol–water partition coefficient (Wildman–Crippen LogP) is 8.88. The fourth-order valence-corrected chi connectivity index (χ4v) is 6.22. The third-order valence-electron chi connectivity index (χ3n) is 8.17. The van der Waals surface area contributed by atoms with Crippen molar-refractivity contribution in [2.45, 2.75) is 24.4 Å². The summed E-state index contributed by atoms with van der Waals surface area (Å²) in [5, 5.41) is 5.60. The number of pyridine rings is 1. The second-order valence-electron chi connectivity index (χ2n) is 11.1. The topological polar surface area (TPSA) is 80.3 Å². The molecule has 2 amide bonds. The lowest BCUT2D eigenvalue weighted by molar-refractivity contribution is -0.141. The summed E-state index contributed by atoms with van der Waals surface area (Å²) in [4.78, 5) is 31.1. The van der Waals surface area contributed by atoms with E-state index in [0.717, 1.165) is 22.3 Å². The van der Waals surface area contributed by atoms with Crippen molar-refractivity contribution in [3.63, 3.8) is 0 Å². The molecule has 1 aliphatic carbocycles. The number of rotatable bonds is 10. The van der Waals surface area contributed by atoms with Gasteiger partial charge in [0.05, 0.1) is 18.5 Å². The number of carbonyl (C=O) groups excluding carboxylic acids is 2. The lowest BCUT2D eigenvalue weighted by atomic mass is 9.73. The summed E-state index contributed by atoms with van der Waals surface area (Å²) >= 11 is 6.02.